The van der Waals surface area contributed by atoms with Crippen molar-refractivity contribution < 1.29 is 14.6 Å². The van der Waals surface area contributed by atoms with Gasteiger partial charge in [0.15, 0.2) is 0 Å². The monoisotopic (exact) mass is 268 g/mol. The van der Waals surface area contributed by atoms with Crippen molar-refractivity contribution in [1.82, 2.24) is 9.55 Å². The molecule has 0 aromatic carbocycles. The van der Waals surface area contributed by atoms with Crippen LogP contribution in [0.25, 0.3) is 0 Å². The van der Waals surface area contributed by atoms with E-state index in [0.717, 1.165) is 25.2 Å². The van der Waals surface area contributed by atoms with Crippen LogP contribution in [0.15, 0.2) is 12.4 Å². The Hall–Kier alpha value is -0.910. The first-order valence-electron chi connectivity index (χ1n) is 7.11. The number of imidazole rings is 1. The molecular weight excluding hydrogens is 244 g/mol. The van der Waals surface area contributed by atoms with Crippen molar-refractivity contribution in [2.45, 2.75) is 51.4 Å². The maximum absolute atomic E-state index is 10.6. The van der Waals surface area contributed by atoms with Crippen LogP contribution in [0.4, 0.5) is 0 Å². The Kier molecular flexibility index (Phi) is 4.96. The van der Waals surface area contributed by atoms with Gasteiger partial charge in [0, 0.05) is 58.0 Å². The summed E-state index contributed by atoms with van der Waals surface area (Å²) in [5.74, 6) is 0.917. The fourth-order valence-electron chi connectivity index (χ4n) is 2.75. The lowest BCUT2D eigenvalue weighted by molar-refractivity contribution is -0.165. The fraction of sp³-hybridized carbons (Fsp3) is 0.786. The molecule has 1 atom stereocenters. The van der Waals surface area contributed by atoms with Crippen LogP contribution in [0.3, 0.4) is 0 Å². The third-order valence-electron chi connectivity index (χ3n) is 3.90. The normalized spacial score (nSPS) is 20.4. The molecule has 0 spiro atoms. The maximum atomic E-state index is 10.6. The lowest BCUT2D eigenvalue weighted by Crippen LogP contribution is -2.50. The number of nitrogens with zero attached hydrogens (tertiary/aromatic N) is 2. The molecule has 108 valence electrons. The zero-order chi connectivity index (χ0) is 13.7. The molecule has 1 aromatic heterocycles. The largest absolute Gasteiger partial charge is 0.390 e. The van der Waals surface area contributed by atoms with Gasteiger partial charge < -0.3 is 19.1 Å². The van der Waals surface area contributed by atoms with Crippen molar-refractivity contribution in [2.24, 2.45) is 0 Å². The van der Waals surface area contributed by atoms with Crippen LogP contribution in [-0.4, -0.2) is 46.2 Å². The summed E-state index contributed by atoms with van der Waals surface area (Å²) in [5.41, 5.74) is -0.475. The van der Waals surface area contributed by atoms with Gasteiger partial charge in [-0.05, 0) is 13.8 Å². The van der Waals surface area contributed by atoms with E-state index < -0.39 is 11.7 Å². The minimum absolute atomic E-state index is 0.475. The summed E-state index contributed by atoms with van der Waals surface area (Å²) in [6.45, 7) is 6.83. The molecule has 0 aliphatic carbocycles. The average Bonchev–Trinajstić information content (AvgIpc) is 2.87. The van der Waals surface area contributed by atoms with Gasteiger partial charge in [-0.25, -0.2) is 4.98 Å². The first-order chi connectivity index (χ1) is 9.22. The summed E-state index contributed by atoms with van der Waals surface area (Å²) in [4.78, 5) is 4.33. The summed E-state index contributed by atoms with van der Waals surface area (Å²) < 4.78 is 13.3. The Labute approximate surface area is 114 Å². The zero-order valence-electron chi connectivity index (χ0n) is 11.8. The Bertz CT molecular complexity index is 380. The predicted molar refractivity (Wildman–Crippen MR) is 72.0 cm³/mol. The van der Waals surface area contributed by atoms with E-state index in [1.807, 2.05) is 13.1 Å². The molecule has 0 amide bonds. The summed E-state index contributed by atoms with van der Waals surface area (Å²) in [6.07, 6.45) is 5.20. The maximum Gasteiger partial charge on any atom is 0.111 e. The van der Waals surface area contributed by atoms with Crippen LogP contribution in [-0.2, 0) is 22.4 Å². The van der Waals surface area contributed by atoms with Crippen molar-refractivity contribution in [3.63, 3.8) is 0 Å². The van der Waals surface area contributed by atoms with Gasteiger partial charge in [0.1, 0.15) is 5.82 Å². The first-order valence-corrected chi connectivity index (χ1v) is 7.11. The third kappa shape index (κ3) is 3.16. The van der Waals surface area contributed by atoms with Gasteiger partial charge >= 0.3 is 0 Å². The molecule has 2 heterocycles. The van der Waals surface area contributed by atoms with E-state index in [0.29, 0.717) is 26.2 Å². The van der Waals surface area contributed by atoms with Gasteiger partial charge in [-0.15, -0.1) is 0 Å². The van der Waals surface area contributed by atoms with Crippen LogP contribution in [0.1, 0.15) is 32.5 Å². The summed E-state index contributed by atoms with van der Waals surface area (Å²) in [6, 6.07) is 0. The number of aromatic nitrogens is 2. The molecule has 0 saturated carbocycles. The van der Waals surface area contributed by atoms with Crippen LogP contribution < -0.4 is 0 Å². The first kappa shape index (κ1) is 14.5. The Morgan fingerprint density at radius 3 is 2.84 bits per heavy atom. The highest BCUT2D eigenvalue weighted by molar-refractivity contribution is 5.00. The van der Waals surface area contributed by atoms with Gasteiger partial charge in [0.25, 0.3) is 0 Å². The second-order valence-corrected chi connectivity index (χ2v) is 4.96. The molecule has 1 unspecified atom stereocenters. The van der Waals surface area contributed by atoms with E-state index in [1.54, 1.807) is 6.20 Å². The Morgan fingerprint density at radius 2 is 2.21 bits per heavy atom. The third-order valence-corrected chi connectivity index (χ3v) is 3.90. The van der Waals surface area contributed by atoms with Crippen molar-refractivity contribution in [2.75, 3.05) is 19.8 Å². The second kappa shape index (κ2) is 6.50. The van der Waals surface area contributed by atoms with E-state index in [2.05, 4.69) is 16.5 Å². The quantitative estimate of drug-likeness (QED) is 0.847. The number of hydrogen-bond donors (Lipinski definition) is 1. The van der Waals surface area contributed by atoms with Gasteiger partial charge in [-0.1, -0.05) is 0 Å². The standard InChI is InChI=1S/C14H24N2O3/c1-3-16-8-7-15-13(16)11-12(17)14(19-4-2)5-9-18-10-6-14/h7-8,12,17H,3-6,9-11H2,1-2H3. The number of aryl methyl sites for hydroxylation is 1. The molecule has 0 bridgehead atoms. The predicted octanol–water partition coefficient (Wildman–Crippen LogP) is 1.39. The lowest BCUT2D eigenvalue weighted by Gasteiger charge is -2.40. The van der Waals surface area contributed by atoms with Crippen molar-refractivity contribution in [1.29, 1.82) is 0 Å². The van der Waals surface area contributed by atoms with Crippen LogP contribution >= 0.6 is 0 Å². The number of rotatable bonds is 6. The van der Waals surface area contributed by atoms with Crippen molar-refractivity contribution in [3.8, 4) is 0 Å². The summed E-state index contributed by atoms with van der Waals surface area (Å²) in [5, 5.41) is 10.6. The molecular formula is C14H24N2O3. The molecule has 5 heteroatoms. The van der Waals surface area contributed by atoms with Gasteiger partial charge in [0.2, 0.25) is 0 Å². The molecule has 1 N–H and O–H groups in total. The fourth-order valence-corrected chi connectivity index (χ4v) is 2.75. The highest BCUT2D eigenvalue weighted by Gasteiger charge is 2.40. The number of hydrogen-bond acceptors (Lipinski definition) is 4. The van der Waals surface area contributed by atoms with E-state index in [4.69, 9.17) is 9.47 Å². The van der Waals surface area contributed by atoms with Gasteiger partial charge in [-0.3, -0.25) is 0 Å². The minimum Gasteiger partial charge on any atom is -0.390 e. The molecule has 2 rings (SSSR count). The van der Waals surface area contributed by atoms with Gasteiger partial charge in [-0.2, -0.15) is 0 Å². The molecule has 1 aromatic rings. The molecule has 1 aliphatic heterocycles. The molecule has 5 nitrogen and oxygen atoms in total. The average molecular weight is 268 g/mol. The smallest absolute Gasteiger partial charge is 0.111 e. The minimum atomic E-state index is -0.538. The van der Waals surface area contributed by atoms with E-state index in [9.17, 15) is 5.11 Å². The lowest BCUT2D eigenvalue weighted by atomic mass is 9.86. The molecule has 19 heavy (non-hydrogen) atoms. The highest BCUT2D eigenvalue weighted by atomic mass is 16.5. The van der Waals surface area contributed by atoms with Crippen LogP contribution in [0.2, 0.25) is 0 Å². The number of aliphatic hydroxyl groups is 1. The van der Waals surface area contributed by atoms with Gasteiger partial charge in [0.05, 0.1) is 11.7 Å². The molecule has 1 fully saturated rings. The number of ether oxygens (including phenoxy) is 2. The Balaban J connectivity index is 2.09. The van der Waals surface area contributed by atoms with E-state index in [1.165, 1.54) is 0 Å². The topological polar surface area (TPSA) is 56.5 Å². The van der Waals surface area contributed by atoms with Crippen molar-refractivity contribution in [3.05, 3.63) is 18.2 Å². The second-order valence-electron chi connectivity index (χ2n) is 4.96. The van der Waals surface area contributed by atoms with Crippen molar-refractivity contribution >= 4 is 0 Å². The number of aliphatic hydroxyl groups excluding tert-OH is 1. The SMILES string of the molecule is CCOC1(C(O)Cc2nccn2CC)CCOCC1. The van der Waals surface area contributed by atoms with E-state index >= 15 is 0 Å². The summed E-state index contributed by atoms with van der Waals surface area (Å²) >= 11 is 0. The molecule has 1 saturated heterocycles. The molecule has 0 radical (unpaired) electrons. The van der Waals surface area contributed by atoms with E-state index in [-0.39, 0.29) is 0 Å². The van der Waals surface area contributed by atoms with Crippen LogP contribution in [0.5, 0.6) is 0 Å². The Morgan fingerprint density at radius 1 is 1.47 bits per heavy atom. The van der Waals surface area contributed by atoms with Crippen LogP contribution in [0, 0.1) is 0 Å². The summed E-state index contributed by atoms with van der Waals surface area (Å²) in [7, 11) is 0. The zero-order valence-corrected chi connectivity index (χ0v) is 11.8. The molecule has 1 aliphatic rings. The highest BCUT2D eigenvalue weighted by Crippen LogP contribution is 2.30.